The summed E-state index contributed by atoms with van der Waals surface area (Å²) >= 11 is 0. The molecule has 1 heterocycles. The van der Waals surface area contributed by atoms with Crippen LogP contribution < -0.4 is 0 Å². The summed E-state index contributed by atoms with van der Waals surface area (Å²) in [4.78, 5) is 11.8. The van der Waals surface area contributed by atoms with Gasteiger partial charge in [-0.2, -0.15) is 8.78 Å². The molecule has 0 saturated carbocycles. The van der Waals surface area contributed by atoms with E-state index in [-0.39, 0.29) is 6.61 Å². The second-order valence-corrected chi connectivity index (χ2v) is 2.81. The lowest BCUT2D eigenvalue weighted by atomic mass is 10.2. The summed E-state index contributed by atoms with van der Waals surface area (Å²) in [6.45, 7) is 0.118. The number of rotatable bonds is 2. The predicted molar refractivity (Wildman–Crippen MR) is 37.8 cm³/mol. The Hall–Kier alpha value is -0.710. The maximum Gasteiger partial charge on any atom is 0.315 e. The number of aliphatic hydroxyl groups excluding tert-OH is 1. The van der Waals surface area contributed by atoms with Gasteiger partial charge in [-0.3, -0.25) is 4.79 Å². The average molecular weight is 179 g/mol. The van der Waals surface area contributed by atoms with E-state index in [1.807, 2.05) is 0 Å². The van der Waals surface area contributed by atoms with Crippen molar-refractivity contribution in [3.63, 3.8) is 0 Å². The molecule has 0 aromatic heterocycles. The molecule has 0 aliphatic carbocycles. The minimum Gasteiger partial charge on any atom is -0.394 e. The number of alkyl halides is 2. The first-order valence-electron chi connectivity index (χ1n) is 3.86. The van der Waals surface area contributed by atoms with Crippen molar-refractivity contribution >= 4 is 5.91 Å². The Kier molecular flexibility index (Phi) is 2.97. The molecule has 1 rings (SSSR count). The standard InChI is InChI=1S/C7H11F2NO2/c8-6(9)7(12)10-3-1-2-5(10)4-11/h5-6,11H,1-4H2/t5-/m0/s1. The van der Waals surface area contributed by atoms with Gasteiger partial charge in [0.05, 0.1) is 12.6 Å². The largest absolute Gasteiger partial charge is 0.394 e. The summed E-state index contributed by atoms with van der Waals surface area (Å²) in [5, 5.41) is 8.73. The number of hydrogen-bond donors (Lipinski definition) is 1. The van der Waals surface area contributed by atoms with Gasteiger partial charge in [-0.25, -0.2) is 0 Å². The Labute approximate surface area is 69.0 Å². The topological polar surface area (TPSA) is 40.5 Å². The van der Waals surface area contributed by atoms with Gasteiger partial charge in [0, 0.05) is 6.54 Å². The summed E-state index contributed by atoms with van der Waals surface area (Å²) in [5.41, 5.74) is 0. The zero-order valence-electron chi connectivity index (χ0n) is 6.54. The van der Waals surface area contributed by atoms with Crippen LogP contribution in [-0.2, 0) is 4.79 Å². The highest BCUT2D eigenvalue weighted by molar-refractivity contribution is 5.79. The summed E-state index contributed by atoms with van der Waals surface area (Å²) in [6.07, 6.45) is -1.63. The van der Waals surface area contributed by atoms with Crippen molar-refractivity contribution in [2.75, 3.05) is 13.2 Å². The lowest BCUT2D eigenvalue weighted by Crippen LogP contribution is -2.40. The summed E-state index contributed by atoms with van der Waals surface area (Å²) in [7, 11) is 0. The minimum absolute atomic E-state index is 0.224. The molecule has 0 unspecified atom stereocenters. The third kappa shape index (κ3) is 1.72. The first-order chi connectivity index (χ1) is 5.66. The molecule has 1 atom stereocenters. The molecule has 1 N–H and O–H groups in total. The first kappa shape index (κ1) is 9.38. The summed E-state index contributed by atoms with van der Waals surface area (Å²) in [6, 6.07) is -0.397. The van der Waals surface area contributed by atoms with Crippen LogP contribution in [0.2, 0.25) is 0 Å². The van der Waals surface area contributed by atoms with Gasteiger partial charge >= 0.3 is 6.43 Å². The minimum atomic E-state index is -2.95. The van der Waals surface area contributed by atoms with Crippen LogP contribution in [-0.4, -0.2) is 41.5 Å². The summed E-state index contributed by atoms with van der Waals surface area (Å²) in [5.74, 6) is -1.16. The van der Waals surface area contributed by atoms with Crippen molar-refractivity contribution in [2.45, 2.75) is 25.3 Å². The lowest BCUT2D eigenvalue weighted by Gasteiger charge is -2.22. The molecule has 3 nitrogen and oxygen atoms in total. The first-order valence-corrected chi connectivity index (χ1v) is 3.86. The highest BCUT2D eigenvalue weighted by Gasteiger charge is 2.32. The molecule has 0 bridgehead atoms. The highest BCUT2D eigenvalue weighted by Crippen LogP contribution is 2.18. The van der Waals surface area contributed by atoms with Crippen LogP contribution in [0.25, 0.3) is 0 Å². The van der Waals surface area contributed by atoms with Gasteiger partial charge in [0.2, 0.25) is 0 Å². The lowest BCUT2D eigenvalue weighted by molar-refractivity contribution is -0.144. The fourth-order valence-corrected chi connectivity index (χ4v) is 1.44. The molecule has 1 amide bonds. The highest BCUT2D eigenvalue weighted by atomic mass is 19.3. The Morgan fingerprint density at radius 2 is 2.33 bits per heavy atom. The second-order valence-electron chi connectivity index (χ2n) is 2.81. The quantitative estimate of drug-likeness (QED) is 0.659. The van der Waals surface area contributed by atoms with E-state index in [9.17, 15) is 13.6 Å². The second kappa shape index (κ2) is 3.80. The van der Waals surface area contributed by atoms with Crippen molar-refractivity contribution in [2.24, 2.45) is 0 Å². The number of halogens is 2. The van der Waals surface area contributed by atoms with Crippen molar-refractivity contribution in [1.82, 2.24) is 4.90 Å². The van der Waals surface area contributed by atoms with Crippen molar-refractivity contribution in [1.29, 1.82) is 0 Å². The Bertz CT molecular complexity index is 175. The molecular formula is C7H11F2NO2. The van der Waals surface area contributed by atoms with Crippen LogP contribution in [0.1, 0.15) is 12.8 Å². The van der Waals surface area contributed by atoms with Gasteiger partial charge in [0.1, 0.15) is 0 Å². The van der Waals surface area contributed by atoms with Crippen LogP contribution in [0, 0.1) is 0 Å². The van der Waals surface area contributed by atoms with E-state index in [2.05, 4.69) is 0 Å². The number of likely N-dealkylation sites (tertiary alicyclic amines) is 1. The van der Waals surface area contributed by atoms with Crippen molar-refractivity contribution in [3.05, 3.63) is 0 Å². The number of carbonyl (C=O) groups is 1. The molecule has 1 aliphatic heterocycles. The molecule has 0 aromatic carbocycles. The fraction of sp³-hybridized carbons (Fsp3) is 0.857. The molecule has 0 spiro atoms. The summed E-state index contributed by atoms with van der Waals surface area (Å²) < 4.78 is 23.8. The van der Waals surface area contributed by atoms with Gasteiger partial charge < -0.3 is 10.0 Å². The van der Waals surface area contributed by atoms with E-state index in [1.165, 1.54) is 0 Å². The molecule has 1 fully saturated rings. The zero-order valence-corrected chi connectivity index (χ0v) is 6.54. The molecular weight excluding hydrogens is 168 g/mol. The van der Waals surface area contributed by atoms with Crippen LogP contribution in [0.3, 0.4) is 0 Å². The molecule has 0 aromatic rings. The maximum atomic E-state index is 11.9. The maximum absolute atomic E-state index is 11.9. The number of aliphatic hydroxyl groups is 1. The molecule has 1 saturated heterocycles. The van der Waals surface area contributed by atoms with E-state index in [4.69, 9.17) is 5.11 Å². The number of nitrogens with zero attached hydrogens (tertiary/aromatic N) is 1. The van der Waals surface area contributed by atoms with Gasteiger partial charge in [0.15, 0.2) is 0 Å². The molecule has 0 radical (unpaired) electrons. The van der Waals surface area contributed by atoms with E-state index < -0.39 is 18.4 Å². The monoisotopic (exact) mass is 179 g/mol. The Morgan fingerprint density at radius 3 is 2.83 bits per heavy atom. The Morgan fingerprint density at radius 1 is 1.67 bits per heavy atom. The van der Waals surface area contributed by atoms with Crippen LogP contribution in [0.15, 0.2) is 0 Å². The van der Waals surface area contributed by atoms with Gasteiger partial charge in [-0.05, 0) is 12.8 Å². The zero-order chi connectivity index (χ0) is 9.14. The predicted octanol–water partition coefficient (Wildman–Crippen LogP) is 0.235. The third-order valence-corrected chi connectivity index (χ3v) is 2.06. The van der Waals surface area contributed by atoms with E-state index in [0.717, 1.165) is 4.90 Å². The molecule has 70 valence electrons. The van der Waals surface area contributed by atoms with Gasteiger partial charge in [-0.1, -0.05) is 0 Å². The van der Waals surface area contributed by atoms with E-state index >= 15 is 0 Å². The van der Waals surface area contributed by atoms with Crippen molar-refractivity contribution in [3.8, 4) is 0 Å². The number of hydrogen-bond acceptors (Lipinski definition) is 2. The number of carbonyl (C=O) groups excluding carboxylic acids is 1. The Balaban J connectivity index is 2.55. The van der Waals surface area contributed by atoms with E-state index in [1.54, 1.807) is 0 Å². The van der Waals surface area contributed by atoms with Crippen molar-refractivity contribution < 1.29 is 18.7 Å². The normalized spacial score (nSPS) is 23.7. The molecule has 1 aliphatic rings. The van der Waals surface area contributed by atoms with Crippen LogP contribution in [0.5, 0.6) is 0 Å². The van der Waals surface area contributed by atoms with E-state index in [0.29, 0.717) is 19.4 Å². The molecule has 5 heteroatoms. The smallest absolute Gasteiger partial charge is 0.315 e. The van der Waals surface area contributed by atoms with Gasteiger partial charge in [-0.15, -0.1) is 0 Å². The van der Waals surface area contributed by atoms with Gasteiger partial charge in [0.25, 0.3) is 5.91 Å². The molecule has 12 heavy (non-hydrogen) atoms. The third-order valence-electron chi connectivity index (χ3n) is 2.06. The van der Waals surface area contributed by atoms with Crippen LogP contribution in [0.4, 0.5) is 8.78 Å². The number of amides is 1. The SMILES string of the molecule is O=C(C(F)F)N1CCC[C@H]1CO. The fourth-order valence-electron chi connectivity index (χ4n) is 1.44. The van der Waals surface area contributed by atoms with Crippen LogP contribution >= 0.6 is 0 Å². The average Bonchev–Trinajstić information content (AvgIpc) is 2.49.